The van der Waals surface area contributed by atoms with E-state index in [-0.39, 0.29) is 0 Å². The molecule has 1 nitrogen and oxygen atoms in total. The average Bonchev–Trinajstić information content (AvgIpc) is 1.82. The van der Waals surface area contributed by atoms with Gasteiger partial charge in [-0.15, -0.1) is 0 Å². The minimum Gasteiger partial charge on any atom is -0.306 e. The number of hydrogen-bond acceptors (Lipinski definition) is 1. The summed E-state index contributed by atoms with van der Waals surface area (Å²) in [5.41, 5.74) is 0. The largest absolute Gasteiger partial charge is 0.306 e. The molecular weight excluding hydrogens is 122 g/mol. The first-order valence-electron chi connectivity index (χ1n) is 4.29. The topological polar surface area (TPSA) is 3.24 Å². The summed E-state index contributed by atoms with van der Waals surface area (Å²) in [7, 11) is 2.22. The van der Waals surface area contributed by atoms with Gasteiger partial charge in [0.05, 0.1) is 0 Å². The monoisotopic (exact) mass is 141 g/mol. The van der Waals surface area contributed by atoms with Gasteiger partial charge < -0.3 is 4.90 Å². The summed E-state index contributed by atoms with van der Waals surface area (Å²) in [6, 6.07) is 0. The van der Waals surface area contributed by atoms with Crippen LogP contribution in [0.1, 0.15) is 20.8 Å². The molecule has 1 aliphatic heterocycles. The molecule has 2 atom stereocenters. The van der Waals surface area contributed by atoms with E-state index in [1.165, 1.54) is 13.1 Å². The predicted octanol–water partition coefficient (Wildman–Crippen LogP) is 1.84. The summed E-state index contributed by atoms with van der Waals surface area (Å²) < 4.78 is 0. The Morgan fingerprint density at radius 1 is 1.00 bits per heavy atom. The molecule has 0 spiro atoms. The van der Waals surface area contributed by atoms with Crippen molar-refractivity contribution in [1.29, 1.82) is 0 Å². The second-order valence-corrected chi connectivity index (χ2v) is 4.03. The second kappa shape index (κ2) is 2.91. The van der Waals surface area contributed by atoms with Crippen LogP contribution in [0.25, 0.3) is 0 Å². The van der Waals surface area contributed by atoms with Crippen molar-refractivity contribution in [3.8, 4) is 0 Å². The molecule has 1 fully saturated rings. The van der Waals surface area contributed by atoms with Crippen molar-refractivity contribution in [2.45, 2.75) is 20.8 Å². The lowest BCUT2D eigenvalue weighted by atomic mass is 9.81. The highest BCUT2D eigenvalue weighted by Crippen LogP contribution is 2.26. The Morgan fingerprint density at radius 2 is 1.40 bits per heavy atom. The number of nitrogens with zero attached hydrogens (tertiary/aromatic N) is 1. The van der Waals surface area contributed by atoms with Gasteiger partial charge in [0.1, 0.15) is 0 Å². The molecule has 1 heterocycles. The third kappa shape index (κ3) is 1.51. The quantitative estimate of drug-likeness (QED) is 0.497. The minimum atomic E-state index is 0.883. The SMILES string of the molecule is CC1CN(C)CC(C)C1C. The van der Waals surface area contributed by atoms with Crippen LogP contribution < -0.4 is 0 Å². The van der Waals surface area contributed by atoms with Crippen LogP contribution in [0, 0.1) is 17.8 Å². The summed E-state index contributed by atoms with van der Waals surface area (Å²) >= 11 is 0. The van der Waals surface area contributed by atoms with Gasteiger partial charge in [-0.3, -0.25) is 0 Å². The molecule has 0 saturated carbocycles. The summed E-state index contributed by atoms with van der Waals surface area (Å²) in [6.45, 7) is 9.66. The van der Waals surface area contributed by atoms with Crippen LogP contribution in [0.2, 0.25) is 0 Å². The zero-order valence-corrected chi connectivity index (χ0v) is 7.59. The summed E-state index contributed by atoms with van der Waals surface area (Å²) in [5.74, 6) is 2.68. The molecule has 60 valence electrons. The van der Waals surface area contributed by atoms with Gasteiger partial charge in [-0.25, -0.2) is 0 Å². The Morgan fingerprint density at radius 3 is 1.80 bits per heavy atom. The highest BCUT2D eigenvalue weighted by atomic mass is 15.1. The van der Waals surface area contributed by atoms with Gasteiger partial charge in [0.2, 0.25) is 0 Å². The van der Waals surface area contributed by atoms with E-state index < -0.39 is 0 Å². The molecule has 2 unspecified atom stereocenters. The molecular formula is C9H19N. The van der Waals surface area contributed by atoms with Gasteiger partial charge in [-0.05, 0) is 24.8 Å². The molecule has 1 heteroatoms. The normalized spacial score (nSPS) is 43.8. The van der Waals surface area contributed by atoms with E-state index in [2.05, 4.69) is 32.7 Å². The van der Waals surface area contributed by atoms with Gasteiger partial charge >= 0.3 is 0 Å². The maximum absolute atomic E-state index is 2.44. The number of hydrogen-bond donors (Lipinski definition) is 0. The van der Waals surface area contributed by atoms with Crippen molar-refractivity contribution in [2.75, 3.05) is 20.1 Å². The Labute approximate surface area is 64.4 Å². The van der Waals surface area contributed by atoms with Crippen molar-refractivity contribution >= 4 is 0 Å². The van der Waals surface area contributed by atoms with Crippen LogP contribution in [0.4, 0.5) is 0 Å². The third-order valence-electron chi connectivity index (χ3n) is 2.99. The van der Waals surface area contributed by atoms with E-state index >= 15 is 0 Å². The zero-order chi connectivity index (χ0) is 7.72. The lowest BCUT2D eigenvalue weighted by molar-refractivity contribution is 0.110. The molecule has 0 radical (unpaired) electrons. The van der Waals surface area contributed by atoms with Gasteiger partial charge in [-0.1, -0.05) is 20.8 Å². The first-order chi connectivity index (χ1) is 4.61. The van der Waals surface area contributed by atoms with Crippen molar-refractivity contribution in [3.05, 3.63) is 0 Å². The maximum atomic E-state index is 2.44. The first kappa shape index (κ1) is 8.06. The molecule has 1 rings (SSSR count). The van der Waals surface area contributed by atoms with Crippen LogP contribution in [0.3, 0.4) is 0 Å². The average molecular weight is 141 g/mol. The Bertz CT molecular complexity index is 99.3. The van der Waals surface area contributed by atoms with Crippen LogP contribution >= 0.6 is 0 Å². The molecule has 0 aromatic rings. The fourth-order valence-corrected chi connectivity index (χ4v) is 1.95. The third-order valence-corrected chi connectivity index (χ3v) is 2.99. The van der Waals surface area contributed by atoms with Crippen molar-refractivity contribution in [3.63, 3.8) is 0 Å². The van der Waals surface area contributed by atoms with Crippen molar-refractivity contribution < 1.29 is 0 Å². The number of rotatable bonds is 0. The predicted molar refractivity (Wildman–Crippen MR) is 45.0 cm³/mol. The Hall–Kier alpha value is -0.0400. The molecule has 0 aliphatic carbocycles. The van der Waals surface area contributed by atoms with Crippen molar-refractivity contribution in [2.24, 2.45) is 17.8 Å². The summed E-state index contributed by atoms with van der Waals surface area (Å²) in [5, 5.41) is 0. The Balaban J connectivity index is 2.49. The minimum absolute atomic E-state index is 0.883. The van der Waals surface area contributed by atoms with Crippen LogP contribution in [0.5, 0.6) is 0 Å². The maximum Gasteiger partial charge on any atom is 0.000674 e. The molecule has 10 heavy (non-hydrogen) atoms. The smallest absolute Gasteiger partial charge is 0.000674 e. The molecule has 1 aliphatic rings. The lowest BCUT2D eigenvalue weighted by Gasteiger charge is -2.37. The van der Waals surface area contributed by atoms with Crippen LogP contribution in [-0.2, 0) is 0 Å². The van der Waals surface area contributed by atoms with Crippen molar-refractivity contribution in [1.82, 2.24) is 4.90 Å². The Kier molecular flexibility index (Phi) is 2.35. The molecule has 1 saturated heterocycles. The lowest BCUT2D eigenvalue weighted by Crippen LogP contribution is -2.41. The van der Waals surface area contributed by atoms with Gasteiger partial charge in [-0.2, -0.15) is 0 Å². The van der Waals surface area contributed by atoms with Crippen LogP contribution in [0.15, 0.2) is 0 Å². The second-order valence-electron chi connectivity index (χ2n) is 4.03. The van der Waals surface area contributed by atoms with Gasteiger partial charge in [0.25, 0.3) is 0 Å². The fraction of sp³-hybridized carbons (Fsp3) is 1.00. The molecule has 0 aromatic carbocycles. The summed E-state index contributed by atoms with van der Waals surface area (Å²) in [4.78, 5) is 2.44. The number of piperidine rings is 1. The van der Waals surface area contributed by atoms with Crippen LogP contribution in [-0.4, -0.2) is 25.0 Å². The fourth-order valence-electron chi connectivity index (χ4n) is 1.95. The highest BCUT2D eigenvalue weighted by molar-refractivity contribution is 4.77. The molecule has 0 aromatic heterocycles. The molecule has 0 bridgehead atoms. The van der Waals surface area contributed by atoms with E-state index in [0.717, 1.165) is 17.8 Å². The van der Waals surface area contributed by atoms with E-state index in [4.69, 9.17) is 0 Å². The number of likely N-dealkylation sites (tertiary alicyclic amines) is 1. The van der Waals surface area contributed by atoms with E-state index in [9.17, 15) is 0 Å². The van der Waals surface area contributed by atoms with Gasteiger partial charge in [0.15, 0.2) is 0 Å². The molecule has 0 amide bonds. The first-order valence-corrected chi connectivity index (χ1v) is 4.29. The standard InChI is InChI=1S/C9H19N/c1-7-5-10(4)6-8(2)9(7)3/h7-9H,5-6H2,1-4H3. The molecule has 0 N–H and O–H groups in total. The summed E-state index contributed by atoms with van der Waals surface area (Å²) in [6.07, 6.45) is 0. The van der Waals surface area contributed by atoms with E-state index in [0.29, 0.717) is 0 Å². The van der Waals surface area contributed by atoms with E-state index in [1.54, 1.807) is 0 Å². The zero-order valence-electron chi connectivity index (χ0n) is 7.59. The highest BCUT2D eigenvalue weighted by Gasteiger charge is 2.26. The van der Waals surface area contributed by atoms with E-state index in [1.807, 2.05) is 0 Å². The van der Waals surface area contributed by atoms with Gasteiger partial charge in [0, 0.05) is 13.1 Å².